The third-order valence-corrected chi connectivity index (χ3v) is 7.29. The van der Waals surface area contributed by atoms with Gasteiger partial charge in [0.1, 0.15) is 5.00 Å². The van der Waals surface area contributed by atoms with Crippen LogP contribution in [0, 0.1) is 18.8 Å². The number of carboxylic acid groups (broad SMARTS) is 1. The lowest BCUT2D eigenvalue weighted by Crippen LogP contribution is -2.36. The van der Waals surface area contributed by atoms with Crippen molar-refractivity contribution in [2.75, 3.05) is 10.6 Å². The quantitative estimate of drug-likeness (QED) is 0.650. The molecule has 2 amide bonds. The van der Waals surface area contributed by atoms with Gasteiger partial charge < -0.3 is 15.7 Å². The number of anilines is 2. The lowest BCUT2D eigenvalue weighted by atomic mass is 9.79. The van der Waals surface area contributed by atoms with Crippen molar-refractivity contribution < 1.29 is 19.5 Å². The molecule has 2 atom stereocenters. The molecule has 4 rings (SSSR count). The van der Waals surface area contributed by atoms with Gasteiger partial charge in [0.15, 0.2) is 0 Å². The zero-order valence-corrected chi connectivity index (χ0v) is 17.8. The van der Waals surface area contributed by atoms with Gasteiger partial charge in [0.25, 0.3) is 5.91 Å². The van der Waals surface area contributed by atoms with Gasteiger partial charge in [0.05, 0.1) is 17.4 Å². The van der Waals surface area contributed by atoms with Gasteiger partial charge in [0.2, 0.25) is 5.91 Å². The predicted molar refractivity (Wildman–Crippen MR) is 117 cm³/mol. The Balaban J connectivity index is 1.59. The first-order chi connectivity index (χ1) is 14.4. The van der Waals surface area contributed by atoms with Gasteiger partial charge in [-0.05, 0) is 62.3 Å². The van der Waals surface area contributed by atoms with Crippen LogP contribution in [-0.2, 0) is 22.4 Å². The van der Waals surface area contributed by atoms with Crippen LogP contribution in [-0.4, -0.2) is 22.9 Å². The van der Waals surface area contributed by atoms with E-state index in [0.29, 0.717) is 29.1 Å². The summed E-state index contributed by atoms with van der Waals surface area (Å²) >= 11 is 1.45. The number of hydrogen-bond acceptors (Lipinski definition) is 4. The summed E-state index contributed by atoms with van der Waals surface area (Å²) < 4.78 is 0. The molecule has 30 heavy (non-hydrogen) atoms. The standard InChI is InChI=1S/C23H26N2O4S/c1-13-6-4-7-14(12-13)24-21(27)19-17-10-5-11-18(17)30-22(19)25-20(26)15-8-2-3-9-16(15)23(28)29/h4,6-7,12,15-16H,2-3,5,8-11H2,1H3,(H,24,27)(H,25,26)(H,28,29). The number of aryl methyl sites for hydroxylation is 2. The second kappa shape index (κ2) is 8.60. The van der Waals surface area contributed by atoms with Crippen molar-refractivity contribution in [2.24, 2.45) is 11.8 Å². The summed E-state index contributed by atoms with van der Waals surface area (Å²) in [6.07, 6.45) is 5.50. The van der Waals surface area contributed by atoms with Crippen molar-refractivity contribution in [1.29, 1.82) is 0 Å². The average molecular weight is 427 g/mol. The molecule has 2 aliphatic carbocycles. The summed E-state index contributed by atoms with van der Waals surface area (Å²) in [5.74, 6) is -2.64. The second-order valence-electron chi connectivity index (χ2n) is 8.21. The fourth-order valence-corrected chi connectivity index (χ4v) is 5.88. The van der Waals surface area contributed by atoms with Crippen LogP contribution in [0.1, 0.15) is 58.5 Å². The number of carbonyl (C=O) groups excluding carboxylic acids is 2. The summed E-state index contributed by atoms with van der Waals surface area (Å²) in [4.78, 5) is 38.9. The summed E-state index contributed by atoms with van der Waals surface area (Å²) in [5, 5.41) is 15.9. The van der Waals surface area contributed by atoms with Crippen LogP contribution in [0.15, 0.2) is 24.3 Å². The van der Waals surface area contributed by atoms with E-state index in [1.165, 1.54) is 11.3 Å². The maximum absolute atomic E-state index is 13.1. The first-order valence-electron chi connectivity index (χ1n) is 10.5. The average Bonchev–Trinajstić information content (AvgIpc) is 3.28. The molecule has 0 saturated heterocycles. The van der Waals surface area contributed by atoms with Gasteiger partial charge in [-0.3, -0.25) is 14.4 Å². The zero-order valence-electron chi connectivity index (χ0n) is 17.0. The monoisotopic (exact) mass is 426 g/mol. The van der Waals surface area contributed by atoms with Crippen LogP contribution in [0.5, 0.6) is 0 Å². The van der Waals surface area contributed by atoms with E-state index in [4.69, 9.17) is 0 Å². The molecule has 0 spiro atoms. The molecule has 1 heterocycles. The molecule has 2 unspecified atom stereocenters. The molecule has 0 bridgehead atoms. The van der Waals surface area contributed by atoms with E-state index >= 15 is 0 Å². The molecular formula is C23H26N2O4S. The molecule has 1 aromatic carbocycles. The molecular weight excluding hydrogens is 400 g/mol. The number of benzene rings is 1. The van der Waals surface area contributed by atoms with Crippen LogP contribution in [0.25, 0.3) is 0 Å². The van der Waals surface area contributed by atoms with Crippen molar-refractivity contribution in [3.63, 3.8) is 0 Å². The van der Waals surface area contributed by atoms with Crippen molar-refractivity contribution in [1.82, 2.24) is 0 Å². The first kappa shape index (κ1) is 20.6. The number of amides is 2. The third kappa shape index (κ3) is 4.12. The van der Waals surface area contributed by atoms with E-state index in [9.17, 15) is 19.5 Å². The van der Waals surface area contributed by atoms with Crippen molar-refractivity contribution in [3.8, 4) is 0 Å². The fraction of sp³-hybridized carbons (Fsp3) is 0.435. The van der Waals surface area contributed by atoms with E-state index in [1.54, 1.807) is 0 Å². The molecule has 158 valence electrons. The van der Waals surface area contributed by atoms with Crippen LogP contribution < -0.4 is 10.6 Å². The minimum absolute atomic E-state index is 0.228. The number of thiophene rings is 1. The SMILES string of the molecule is Cc1cccc(NC(=O)c2c(NC(=O)C3CCCCC3C(=O)O)sc3c2CCC3)c1. The Labute approximate surface area is 179 Å². The van der Waals surface area contributed by atoms with E-state index < -0.39 is 17.8 Å². The molecule has 0 aliphatic heterocycles. The third-order valence-electron chi connectivity index (χ3n) is 6.08. The summed E-state index contributed by atoms with van der Waals surface area (Å²) in [6.45, 7) is 1.96. The van der Waals surface area contributed by atoms with Crippen molar-refractivity contribution in [2.45, 2.75) is 51.9 Å². The zero-order chi connectivity index (χ0) is 21.3. The molecule has 1 saturated carbocycles. The van der Waals surface area contributed by atoms with Gasteiger partial charge >= 0.3 is 5.97 Å². The largest absolute Gasteiger partial charge is 0.481 e. The highest BCUT2D eigenvalue weighted by Gasteiger charge is 2.37. The lowest BCUT2D eigenvalue weighted by molar-refractivity contribution is -0.147. The molecule has 3 N–H and O–H groups in total. The topological polar surface area (TPSA) is 95.5 Å². The Morgan fingerprint density at radius 3 is 2.53 bits per heavy atom. The van der Waals surface area contributed by atoms with E-state index in [0.717, 1.165) is 48.1 Å². The number of nitrogens with one attached hydrogen (secondary N) is 2. The Kier molecular flexibility index (Phi) is 5.90. The van der Waals surface area contributed by atoms with E-state index in [-0.39, 0.29) is 11.8 Å². The second-order valence-corrected chi connectivity index (χ2v) is 9.32. The number of aliphatic carboxylic acids is 1. The Morgan fingerprint density at radius 2 is 1.80 bits per heavy atom. The number of rotatable bonds is 5. The summed E-state index contributed by atoms with van der Waals surface area (Å²) in [7, 11) is 0. The Bertz CT molecular complexity index is 997. The van der Waals surface area contributed by atoms with Gasteiger partial charge in [-0.1, -0.05) is 25.0 Å². The van der Waals surface area contributed by atoms with Gasteiger partial charge in [-0.15, -0.1) is 11.3 Å². The van der Waals surface area contributed by atoms with E-state index in [2.05, 4.69) is 10.6 Å². The molecule has 6 nitrogen and oxygen atoms in total. The van der Waals surface area contributed by atoms with Gasteiger partial charge in [0, 0.05) is 10.6 Å². The van der Waals surface area contributed by atoms with Crippen LogP contribution in [0.4, 0.5) is 10.7 Å². The summed E-state index contributed by atoms with van der Waals surface area (Å²) in [6, 6.07) is 7.60. The first-order valence-corrected chi connectivity index (χ1v) is 11.3. The smallest absolute Gasteiger partial charge is 0.307 e. The molecule has 7 heteroatoms. The molecule has 2 aliphatic rings. The maximum Gasteiger partial charge on any atom is 0.307 e. The lowest BCUT2D eigenvalue weighted by Gasteiger charge is -2.27. The number of carboxylic acids is 1. The molecule has 1 fully saturated rings. The number of fused-ring (bicyclic) bond motifs is 1. The van der Waals surface area contributed by atoms with Crippen LogP contribution in [0.2, 0.25) is 0 Å². The van der Waals surface area contributed by atoms with Crippen molar-refractivity contribution >= 4 is 39.8 Å². The minimum Gasteiger partial charge on any atom is -0.481 e. The molecule has 1 aromatic heterocycles. The predicted octanol–water partition coefficient (Wildman–Crippen LogP) is 4.63. The summed E-state index contributed by atoms with van der Waals surface area (Å²) in [5.41, 5.74) is 3.31. The Hall–Kier alpha value is -2.67. The maximum atomic E-state index is 13.1. The number of carbonyl (C=O) groups is 3. The highest BCUT2D eigenvalue weighted by molar-refractivity contribution is 7.17. The molecule has 2 aromatic rings. The molecule has 0 radical (unpaired) electrons. The highest BCUT2D eigenvalue weighted by atomic mass is 32.1. The fourth-order valence-electron chi connectivity index (χ4n) is 4.59. The van der Waals surface area contributed by atoms with Gasteiger partial charge in [-0.25, -0.2) is 0 Å². The van der Waals surface area contributed by atoms with Crippen LogP contribution >= 0.6 is 11.3 Å². The van der Waals surface area contributed by atoms with Crippen molar-refractivity contribution in [3.05, 3.63) is 45.8 Å². The number of hydrogen-bond donors (Lipinski definition) is 3. The van der Waals surface area contributed by atoms with Gasteiger partial charge in [-0.2, -0.15) is 0 Å². The Morgan fingerprint density at radius 1 is 1.03 bits per heavy atom. The highest BCUT2D eigenvalue weighted by Crippen LogP contribution is 2.40. The van der Waals surface area contributed by atoms with E-state index in [1.807, 2.05) is 31.2 Å². The normalized spacial score (nSPS) is 20.4. The van der Waals surface area contributed by atoms with Crippen LogP contribution in [0.3, 0.4) is 0 Å². The minimum atomic E-state index is -0.916.